The third kappa shape index (κ3) is 7.74. The van der Waals surface area contributed by atoms with Gasteiger partial charge in [-0.3, -0.25) is 34.5 Å². The van der Waals surface area contributed by atoms with Crippen LogP contribution in [0.15, 0.2) is 59.7 Å². The standard InChI is InChI=1S/C25H28N3O8P/c1-3-35-37(34,36-4-2)14-13-26-17-21(15-19-5-9-23(10-6-19)27(30)31)25(29)22(18-26)16-20-7-11-24(12-8-20)28(32)33/h5-12,15-16H,3-4,13-14,17-18H2,1-2H3/b21-15+,22-16+. The van der Waals surface area contributed by atoms with Crippen molar-refractivity contribution in [2.45, 2.75) is 13.8 Å². The molecule has 0 aliphatic carbocycles. The van der Waals surface area contributed by atoms with Crippen LogP contribution >= 0.6 is 7.60 Å². The number of rotatable bonds is 11. The van der Waals surface area contributed by atoms with Crippen molar-refractivity contribution in [1.29, 1.82) is 0 Å². The lowest BCUT2D eigenvalue weighted by Gasteiger charge is -2.30. The van der Waals surface area contributed by atoms with Crippen molar-refractivity contribution in [3.05, 3.63) is 91.0 Å². The minimum Gasteiger partial charge on any atom is -0.309 e. The van der Waals surface area contributed by atoms with Crippen LogP contribution in [0.3, 0.4) is 0 Å². The van der Waals surface area contributed by atoms with Crippen LogP contribution in [-0.4, -0.2) is 59.5 Å². The molecule has 1 saturated heterocycles. The van der Waals surface area contributed by atoms with Crippen molar-refractivity contribution < 1.29 is 28.3 Å². The maximum Gasteiger partial charge on any atom is 0.331 e. The van der Waals surface area contributed by atoms with Gasteiger partial charge in [-0.15, -0.1) is 0 Å². The minimum atomic E-state index is -3.30. The zero-order chi connectivity index (χ0) is 27.0. The lowest BCUT2D eigenvalue weighted by Crippen LogP contribution is -2.39. The third-order valence-corrected chi connectivity index (χ3v) is 7.65. The molecule has 0 atom stereocenters. The fraction of sp³-hybridized carbons (Fsp3) is 0.320. The van der Waals surface area contributed by atoms with Gasteiger partial charge < -0.3 is 9.05 Å². The first-order valence-corrected chi connectivity index (χ1v) is 13.4. The van der Waals surface area contributed by atoms with Gasteiger partial charge in [0.1, 0.15) is 0 Å². The van der Waals surface area contributed by atoms with Crippen molar-refractivity contribution in [3.63, 3.8) is 0 Å². The van der Waals surface area contributed by atoms with Gasteiger partial charge in [0.2, 0.25) is 0 Å². The summed E-state index contributed by atoms with van der Waals surface area (Å²) >= 11 is 0. The van der Waals surface area contributed by atoms with Crippen molar-refractivity contribution in [2.75, 3.05) is 39.0 Å². The summed E-state index contributed by atoms with van der Waals surface area (Å²) in [5.74, 6) is -0.203. The Balaban J connectivity index is 1.91. The molecule has 0 radical (unpaired) electrons. The maximum absolute atomic E-state index is 13.4. The summed E-state index contributed by atoms with van der Waals surface area (Å²) in [7, 11) is -3.30. The van der Waals surface area contributed by atoms with Gasteiger partial charge in [-0.05, 0) is 61.4 Å². The summed E-state index contributed by atoms with van der Waals surface area (Å²) in [6.07, 6.45) is 3.48. The summed E-state index contributed by atoms with van der Waals surface area (Å²) in [5.41, 5.74) is 2.05. The molecule has 1 fully saturated rings. The first-order chi connectivity index (χ1) is 17.6. The number of likely N-dealkylation sites (tertiary alicyclic amines) is 1. The van der Waals surface area contributed by atoms with Gasteiger partial charge in [-0.25, -0.2) is 0 Å². The molecule has 1 aliphatic rings. The fourth-order valence-corrected chi connectivity index (χ4v) is 5.53. The van der Waals surface area contributed by atoms with E-state index in [4.69, 9.17) is 9.05 Å². The average Bonchev–Trinajstić information content (AvgIpc) is 2.86. The number of hydrogen-bond acceptors (Lipinski definition) is 9. The topological polar surface area (TPSA) is 142 Å². The van der Waals surface area contributed by atoms with Gasteiger partial charge in [0, 0.05) is 55.0 Å². The van der Waals surface area contributed by atoms with Crippen LogP contribution in [0.1, 0.15) is 25.0 Å². The lowest BCUT2D eigenvalue weighted by atomic mass is 9.94. The Kier molecular flexibility index (Phi) is 9.60. The van der Waals surface area contributed by atoms with Gasteiger partial charge in [0.15, 0.2) is 5.78 Å². The van der Waals surface area contributed by atoms with Crippen LogP contribution < -0.4 is 0 Å². The van der Waals surface area contributed by atoms with Crippen LogP contribution in [0.2, 0.25) is 0 Å². The van der Waals surface area contributed by atoms with E-state index >= 15 is 0 Å². The SMILES string of the molecule is CCOP(=O)(CCN1C/C(=C\c2ccc([N+](=O)[O-])cc2)C(=O)/C(=C/c2ccc([N+](=O)[O-])cc2)C1)OCC. The Hall–Kier alpha value is -3.50. The zero-order valence-corrected chi connectivity index (χ0v) is 21.5. The highest BCUT2D eigenvalue weighted by molar-refractivity contribution is 7.53. The first-order valence-electron chi connectivity index (χ1n) is 11.7. The molecular formula is C25H28N3O8P. The highest BCUT2D eigenvalue weighted by Gasteiger charge is 2.30. The number of carbonyl (C=O) groups is 1. The predicted octanol–water partition coefficient (Wildman–Crippen LogP) is 5.12. The van der Waals surface area contributed by atoms with Gasteiger partial charge >= 0.3 is 7.60 Å². The number of ketones is 1. The molecule has 37 heavy (non-hydrogen) atoms. The Morgan fingerprint density at radius 3 is 1.59 bits per heavy atom. The van der Waals surface area contributed by atoms with Gasteiger partial charge in [-0.1, -0.05) is 0 Å². The van der Waals surface area contributed by atoms with E-state index < -0.39 is 17.4 Å². The molecule has 3 rings (SSSR count). The third-order valence-electron chi connectivity index (χ3n) is 5.60. The van der Waals surface area contributed by atoms with Crippen molar-refractivity contribution in [2.24, 2.45) is 0 Å². The quantitative estimate of drug-likeness (QED) is 0.168. The number of carbonyl (C=O) groups excluding carboxylic acids is 1. The number of piperidine rings is 1. The molecule has 0 amide bonds. The van der Waals surface area contributed by atoms with Gasteiger partial charge in [0.05, 0.1) is 29.2 Å². The Morgan fingerprint density at radius 1 is 0.838 bits per heavy atom. The van der Waals surface area contributed by atoms with E-state index in [-0.39, 0.29) is 49.6 Å². The number of nitro benzene ring substituents is 2. The Bertz CT molecular complexity index is 1170. The molecule has 11 nitrogen and oxygen atoms in total. The summed E-state index contributed by atoms with van der Waals surface area (Å²) in [6.45, 7) is 4.83. The highest BCUT2D eigenvalue weighted by atomic mass is 31.2. The number of benzene rings is 2. The van der Waals surface area contributed by atoms with E-state index in [1.165, 1.54) is 24.3 Å². The van der Waals surface area contributed by atoms with E-state index in [2.05, 4.69) is 0 Å². The van der Waals surface area contributed by atoms with Gasteiger partial charge in [-0.2, -0.15) is 0 Å². The van der Waals surface area contributed by atoms with Crippen molar-refractivity contribution in [3.8, 4) is 0 Å². The molecule has 0 N–H and O–H groups in total. The summed E-state index contributed by atoms with van der Waals surface area (Å²) in [4.78, 5) is 36.2. The van der Waals surface area contributed by atoms with E-state index in [1.54, 1.807) is 50.3 Å². The second-order valence-electron chi connectivity index (χ2n) is 8.25. The van der Waals surface area contributed by atoms with Crippen molar-refractivity contribution in [1.82, 2.24) is 4.90 Å². The molecule has 0 saturated carbocycles. The molecular weight excluding hydrogens is 501 g/mol. The van der Waals surface area contributed by atoms with Crippen LogP contribution in [0.5, 0.6) is 0 Å². The van der Waals surface area contributed by atoms with E-state index in [1.807, 2.05) is 4.90 Å². The second kappa shape index (κ2) is 12.6. The summed E-state index contributed by atoms with van der Waals surface area (Å²) in [6, 6.07) is 11.7. The smallest absolute Gasteiger partial charge is 0.309 e. The normalized spacial score (nSPS) is 16.9. The summed E-state index contributed by atoms with van der Waals surface area (Å²) < 4.78 is 23.7. The second-order valence-corrected chi connectivity index (χ2v) is 10.4. The average molecular weight is 529 g/mol. The molecule has 0 unspecified atom stereocenters. The number of nitro groups is 2. The molecule has 0 aromatic heterocycles. The van der Waals surface area contributed by atoms with E-state index in [0.29, 0.717) is 28.8 Å². The molecule has 2 aromatic carbocycles. The minimum absolute atomic E-state index is 0.0555. The highest BCUT2D eigenvalue weighted by Crippen LogP contribution is 2.47. The van der Waals surface area contributed by atoms with Crippen LogP contribution in [0, 0.1) is 20.2 Å². The molecule has 1 aliphatic heterocycles. The Labute approximate surface area is 214 Å². The van der Waals surface area contributed by atoms with Crippen LogP contribution in [0.25, 0.3) is 12.2 Å². The first kappa shape index (κ1) is 28.1. The van der Waals surface area contributed by atoms with E-state index in [9.17, 15) is 29.6 Å². The number of non-ortho nitro benzene ring substituents is 2. The molecule has 0 bridgehead atoms. The molecule has 0 spiro atoms. The molecule has 196 valence electrons. The monoisotopic (exact) mass is 529 g/mol. The molecule has 12 heteroatoms. The van der Waals surface area contributed by atoms with Gasteiger partial charge in [0.25, 0.3) is 11.4 Å². The number of Topliss-reactive ketones (excluding diaryl/α,β-unsaturated/α-hetero) is 1. The van der Waals surface area contributed by atoms with Crippen molar-refractivity contribution >= 4 is 36.9 Å². The number of hydrogen-bond donors (Lipinski definition) is 0. The molecule has 2 aromatic rings. The molecule has 1 heterocycles. The zero-order valence-electron chi connectivity index (χ0n) is 20.6. The van der Waals surface area contributed by atoms with Crippen LogP contribution in [-0.2, 0) is 18.4 Å². The number of nitrogens with zero attached hydrogens (tertiary/aromatic N) is 3. The lowest BCUT2D eigenvalue weighted by molar-refractivity contribution is -0.385. The summed E-state index contributed by atoms with van der Waals surface area (Å²) in [5, 5.41) is 21.9. The maximum atomic E-state index is 13.4. The Morgan fingerprint density at radius 2 is 1.24 bits per heavy atom. The van der Waals surface area contributed by atoms with E-state index in [0.717, 1.165) is 0 Å². The fourth-order valence-electron chi connectivity index (χ4n) is 3.88. The largest absolute Gasteiger partial charge is 0.331 e. The predicted molar refractivity (Wildman–Crippen MR) is 139 cm³/mol. The van der Waals surface area contributed by atoms with Crippen LogP contribution in [0.4, 0.5) is 11.4 Å².